The van der Waals surface area contributed by atoms with Gasteiger partial charge in [-0.05, 0) is 46.6 Å². The van der Waals surface area contributed by atoms with Crippen LogP contribution in [0.4, 0.5) is 4.79 Å². The number of carbonyl (C=O) groups is 3. The van der Waals surface area contributed by atoms with Gasteiger partial charge in [-0.2, -0.15) is 0 Å². The van der Waals surface area contributed by atoms with Gasteiger partial charge in [0.15, 0.2) is 0 Å². The Morgan fingerprint density at radius 2 is 1.79 bits per heavy atom. The van der Waals surface area contributed by atoms with Crippen LogP contribution in [-0.4, -0.2) is 16.4 Å². The van der Waals surface area contributed by atoms with Crippen LogP contribution < -0.4 is 5.32 Å². The molecule has 1 heterocycles. The third-order valence-electron chi connectivity index (χ3n) is 2.28. The first kappa shape index (κ1) is 13.6. The van der Waals surface area contributed by atoms with Crippen LogP contribution in [0.15, 0.2) is 35.2 Å². The molecule has 1 N–H and O–H groups in total. The molecule has 0 bridgehead atoms. The highest BCUT2D eigenvalue weighted by molar-refractivity contribution is 8.18. The van der Waals surface area contributed by atoms with E-state index in [1.54, 1.807) is 36.4 Å². The lowest BCUT2D eigenvalue weighted by Crippen LogP contribution is -2.17. The van der Waals surface area contributed by atoms with Gasteiger partial charge in [-0.25, -0.2) is 0 Å². The molecule has 1 aliphatic heterocycles. The fraction of sp³-hybridized carbons (Fsp3) is 0. The minimum absolute atomic E-state index is 0.364. The molecule has 0 radical (unpaired) electrons. The predicted molar refractivity (Wildman–Crippen MR) is 75.4 cm³/mol. The third-order valence-corrected chi connectivity index (χ3v) is 3.22. The molecule has 0 aromatic heterocycles. The van der Waals surface area contributed by atoms with Crippen molar-refractivity contribution in [2.24, 2.45) is 0 Å². The maximum absolute atomic E-state index is 11.3. The summed E-state index contributed by atoms with van der Waals surface area (Å²) >= 11 is 6.06. The number of nitrogens with one attached hydrogen (secondary N) is 1. The fourth-order valence-corrected chi connectivity index (χ4v) is 2.18. The molecule has 6 heteroatoms. The molecule has 1 saturated heterocycles. The van der Waals surface area contributed by atoms with E-state index in [9.17, 15) is 14.4 Å². The summed E-state index contributed by atoms with van der Waals surface area (Å²) in [4.78, 5) is 33.3. The van der Waals surface area contributed by atoms with Crippen LogP contribution in [0.1, 0.15) is 11.1 Å². The van der Waals surface area contributed by atoms with Crippen LogP contribution >= 0.6 is 23.4 Å². The number of hydrogen-bond acceptors (Lipinski definition) is 4. The van der Waals surface area contributed by atoms with E-state index < -0.39 is 5.24 Å². The van der Waals surface area contributed by atoms with Gasteiger partial charge in [-0.3, -0.25) is 19.7 Å². The molecule has 2 rings (SSSR count). The summed E-state index contributed by atoms with van der Waals surface area (Å²) in [6.07, 6.45) is 4.48. The summed E-state index contributed by atoms with van der Waals surface area (Å²) in [6.45, 7) is 0. The Balaban J connectivity index is 2.15. The third kappa shape index (κ3) is 3.81. The van der Waals surface area contributed by atoms with Crippen molar-refractivity contribution in [1.29, 1.82) is 0 Å². The number of halogens is 1. The maximum atomic E-state index is 11.3. The number of hydrogen-bond donors (Lipinski definition) is 1. The Bertz CT molecular complexity index is 605. The summed E-state index contributed by atoms with van der Waals surface area (Å²) < 4.78 is 0. The van der Waals surface area contributed by atoms with Crippen molar-refractivity contribution in [3.8, 4) is 0 Å². The zero-order chi connectivity index (χ0) is 13.8. The second-order valence-electron chi connectivity index (χ2n) is 3.66. The first-order valence-electron chi connectivity index (χ1n) is 5.27. The largest absolute Gasteiger partial charge is 0.290 e. The molecule has 1 fully saturated rings. The van der Waals surface area contributed by atoms with Crippen LogP contribution in [0.2, 0.25) is 0 Å². The standard InChI is InChI=1S/C13H8ClNO3S/c14-11(16)6-5-8-1-3-9(4-2-8)7-10-12(17)15-13(18)19-10/h1-7H,(H,15,17,18). The van der Waals surface area contributed by atoms with Gasteiger partial charge in [0.25, 0.3) is 11.1 Å². The lowest BCUT2D eigenvalue weighted by molar-refractivity contribution is -0.115. The van der Waals surface area contributed by atoms with Gasteiger partial charge in [0.1, 0.15) is 0 Å². The second-order valence-corrected chi connectivity index (χ2v) is 5.04. The minimum Gasteiger partial charge on any atom is -0.282 e. The number of amides is 2. The lowest BCUT2D eigenvalue weighted by atomic mass is 10.1. The van der Waals surface area contributed by atoms with Crippen molar-refractivity contribution < 1.29 is 14.4 Å². The number of allylic oxidation sites excluding steroid dienone is 1. The van der Waals surface area contributed by atoms with E-state index in [1.165, 1.54) is 6.08 Å². The van der Waals surface area contributed by atoms with Crippen molar-refractivity contribution in [1.82, 2.24) is 5.32 Å². The second kappa shape index (κ2) is 5.86. The fourth-order valence-electron chi connectivity index (χ4n) is 1.44. The average Bonchev–Trinajstić information content (AvgIpc) is 2.67. The van der Waals surface area contributed by atoms with Gasteiger partial charge in [-0.15, -0.1) is 0 Å². The van der Waals surface area contributed by atoms with Gasteiger partial charge in [0.05, 0.1) is 4.91 Å². The molecule has 0 spiro atoms. The number of thioether (sulfide) groups is 1. The van der Waals surface area contributed by atoms with Crippen molar-refractivity contribution in [2.45, 2.75) is 0 Å². The van der Waals surface area contributed by atoms with Gasteiger partial charge in [0.2, 0.25) is 5.24 Å². The quantitative estimate of drug-likeness (QED) is 0.687. The summed E-state index contributed by atoms with van der Waals surface area (Å²) in [5.74, 6) is -0.383. The molecule has 4 nitrogen and oxygen atoms in total. The molecule has 0 aliphatic carbocycles. The van der Waals surface area contributed by atoms with Crippen LogP contribution in [0.5, 0.6) is 0 Å². The number of rotatable bonds is 3. The first-order valence-corrected chi connectivity index (χ1v) is 6.46. The molecular weight excluding hydrogens is 286 g/mol. The van der Waals surface area contributed by atoms with E-state index in [4.69, 9.17) is 11.6 Å². The normalized spacial score (nSPS) is 17.2. The minimum atomic E-state index is -0.538. The Morgan fingerprint density at radius 1 is 1.16 bits per heavy atom. The van der Waals surface area contributed by atoms with Crippen molar-refractivity contribution in [2.75, 3.05) is 0 Å². The van der Waals surface area contributed by atoms with Crippen LogP contribution in [0.25, 0.3) is 12.2 Å². The Labute approximate surface area is 118 Å². The van der Waals surface area contributed by atoms with E-state index in [0.29, 0.717) is 4.91 Å². The van der Waals surface area contributed by atoms with Crippen molar-refractivity contribution >= 4 is 51.9 Å². The van der Waals surface area contributed by atoms with Crippen LogP contribution in [0.3, 0.4) is 0 Å². The highest BCUT2D eigenvalue weighted by Gasteiger charge is 2.24. The van der Waals surface area contributed by atoms with Gasteiger partial charge >= 0.3 is 0 Å². The molecule has 0 saturated carbocycles. The molecule has 2 amide bonds. The summed E-state index contributed by atoms with van der Waals surface area (Å²) in [7, 11) is 0. The molecule has 96 valence electrons. The zero-order valence-electron chi connectivity index (χ0n) is 9.55. The smallest absolute Gasteiger partial charge is 0.282 e. The van der Waals surface area contributed by atoms with E-state index in [2.05, 4.69) is 5.32 Å². The molecule has 19 heavy (non-hydrogen) atoms. The Morgan fingerprint density at radius 3 is 2.32 bits per heavy atom. The van der Waals surface area contributed by atoms with E-state index in [-0.39, 0.29) is 11.1 Å². The highest BCUT2D eigenvalue weighted by Crippen LogP contribution is 2.25. The monoisotopic (exact) mass is 293 g/mol. The molecular formula is C13H8ClNO3S. The predicted octanol–water partition coefficient (Wildman–Crippen LogP) is 2.79. The maximum Gasteiger partial charge on any atom is 0.290 e. The summed E-state index contributed by atoms with van der Waals surface area (Å²) in [6, 6.07) is 7.12. The molecule has 0 atom stereocenters. The van der Waals surface area contributed by atoms with E-state index in [1.807, 2.05) is 0 Å². The van der Waals surface area contributed by atoms with Crippen molar-refractivity contribution in [3.63, 3.8) is 0 Å². The zero-order valence-corrected chi connectivity index (χ0v) is 11.1. The molecule has 0 unspecified atom stereocenters. The van der Waals surface area contributed by atoms with Crippen LogP contribution in [-0.2, 0) is 9.59 Å². The average molecular weight is 294 g/mol. The van der Waals surface area contributed by atoms with Gasteiger partial charge < -0.3 is 0 Å². The SMILES string of the molecule is O=C(Cl)C=Cc1ccc(C=C2SC(=O)NC2=O)cc1. The number of imide groups is 1. The summed E-state index contributed by atoms with van der Waals surface area (Å²) in [5.41, 5.74) is 1.61. The Kier molecular flexibility index (Phi) is 4.19. The highest BCUT2D eigenvalue weighted by atomic mass is 35.5. The molecule has 1 aromatic rings. The summed E-state index contributed by atoms with van der Waals surface area (Å²) in [5, 5.41) is 1.28. The molecule has 1 aliphatic rings. The van der Waals surface area contributed by atoms with E-state index in [0.717, 1.165) is 22.9 Å². The lowest BCUT2D eigenvalue weighted by Gasteiger charge is -1.96. The Hall–Kier alpha value is -1.85. The van der Waals surface area contributed by atoms with E-state index >= 15 is 0 Å². The van der Waals surface area contributed by atoms with Crippen LogP contribution in [0, 0.1) is 0 Å². The topological polar surface area (TPSA) is 63.2 Å². The van der Waals surface area contributed by atoms with Gasteiger partial charge in [0, 0.05) is 0 Å². The molecule has 1 aromatic carbocycles. The number of benzene rings is 1. The first-order chi connectivity index (χ1) is 9.04. The van der Waals surface area contributed by atoms with Crippen molar-refractivity contribution in [3.05, 3.63) is 46.4 Å². The number of carbonyl (C=O) groups excluding carboxylic acids is 3. The van der Waals surface area contributed by atoms with Gasteiger partial charge in [-0.1, -0.05) is 30.3 Å².